The Hall–Kier alpha value is -3.28. The molecule has 0 spiro atoms. The van der Waals surface area contributed by atoms with Crippen molar-refractivity contribution in [3.63, 3.8) is 0 Å². The van der Waals surface area contributed by atoms with E-state index in [0.717, 1.165) is 0 Å². The summed E-state index contributed by atoms with van der Waals surface area (Å²) in [5, 5.41) is 2.74. The van der Waals surface area contributed by atoms with Gasteiger partial charge in [0.15, 0.2) is 5.69 Å². The van der Waals surface area contributed by atoms with Crippen molar-refractivity contribution in [1.29, 1.82) is 0 Å². The van der Waals surface area contributed by atoms with Crippen LogP contribution in [-0.4, -0.2) is 18.0 Å². The minimum atomic E-state index is -0.390. The Balaban J connectivity index is 1.83. The highest BCUT2D eigenvalue weighted by atomic mass is 16.5. The van der Waals surface area contributed by atoms with Crippen molar-refractivity contribution in [2.45, 2.75) is 0 Å². The van der Waals surface area contributed by atoms with Gasteiger partial charge in [0.25, 0.3) is 5.91 Å². The number of methoxy groups -OCH3 is 1. The number of oxazole rings is 1. The molecule has 0 aliphatic heterocycles. The number of ether oxygens (including phenoxy) is 1. The van der Waals surface area contributed by atoms with E-state index in [1.807, 2.05) is 18.2 Å². The number of para-hydroxylation sites is 3. The zero-order valence-corrected chi connectivity index (χ0v) is 12.4. The molecule has 6 nitrogen and oxygen atoms in total. The number of aromatic nitrogens is 1. The van der Waals surface area contributed by atoms with Gasteiger partial charge < -0.3 is 20.2 Å². The lowest BCUT2D eigenvalue weighted by Crippen LogP contribution is -2.13. The van der Waals surface area contributed by atoms with E-state index >= 15 is 0 Å². The Morgan fingerprint density at radius 2 is 1.91 bits per heavy atom. The molecule has 3 aromatic rings. The van der Waals surface area contributed by atoms with E-state index in [2.05, 4.69) is 10.3 Å². The van der Waals surface area contributed by atoms with Gasteiger partial charge in [0.1, 0.15) is 12.0 Å². The van der Waals surface area contributed by atoms with Crippen molar-refractivity contribution in [2.24, 2.45) is 0 Å². The SMILES string of the molecule is COc1ccccc1NC(=O)c1coc(-c2ccccc2N)n1. The molecule has 0 radical (unpaired) electrons. The Morgan fingerprint density at radius 3 is 2.70 bits per heavy atom. The predicted octanol–water partition coefficient (Wildman–Crippen LogP) is 3.18. The molecule has 0 fully saturated rings. The van der Waals surface area contributed by atoms with Crippen molar-refractivity contribution in [2.75, 3.05) is 18.2 Å². The number of benzene rings is 2. The maximum atomic E-state index is 12.3. The number of nitrogens with two attached hydrogens (primary N) is 1. The monoisotopic (exact) mass is 309 g/mol. The second kappa shape index (κ2) is 6.23. The lowest BCUT2D eigenvalue weighted by atomic mass is 10.2. The second-order valence-electron chi connectivity index (χ2n) is 4.78. The highest BCUT2D eigenvalue weighted by Crippen LogP contribution is 2.26. The van der Waals surface area contributed by atoms with Gasteiger partial charge in [-0.05, 0) is 24.3 Å². The molecule has 0 aliphatic rings. The summed E-state index contributed by atoms with van der Waals surface area (Å²) in [6.07, 6.45) is 1.30. The van der Waals surface area contributed by atoms with Crippen molar-refractivity contribution in [3.05, 3.63) is 60.5 Å². The van der Waals surface area contributed by atoms with Crippen molar-refractivity contribution < 1.29 is 13.9 Å². The number of anilines is 2. The Labute approximate surface area is 132 Å². The standard InChI is InChI=1S/C17H15N3O3/c1-22-15-9-5-4-8-13(15)19-16(21)14-10-23-17(20-14)11-6-2-3-7-12(11)18/h2-10H,18H2,1H3,(H,19,21). The summed E-state index contributed by atoms with van der Waals surface area (Å²) in [6.45, 7) is 0. The maximum Gasteiger partial charge on any atom is 0.277 e. The zero-order valence-electron chi connectivity index (χ0n) is 12.4. The van der Waals surface area contributed by atoms with E-state index in [-0.39, 0.29) is 11.6 Å². The van der Waals surface area contributed by atoms with Gasteiger partial charge in [0.2, 0.25) is 5.89 Å². The number of hydrogen-bond donors (Lipinski definition) is 2. The number of nitrogens with zero attached hydrogens (tertiary/aromatic N) is 1. The number of carbonyl (C=O) groups is 1. The zero-order chi connectivity index (χ0) is 16.2. The van der Waals surface area contributed by atoms with Gasteiger partial charge in [0.05, 0.1) is 18.4 Å². The van der Waals surface area contributed by atoms with Crippen LogP contribution >= 0.6 is 0 Å². The van der Waals surface area contributed by atoms with Crippen LogP contribution in [0.5, 0.6) is 5.75 Å². The minimum Gasteiger partial charge on any atom is -0.495 e. The van der Waals surface area contributed by atoms with Crippen molar-refractivity contribution in [3.8, 4) is 17.2 Å². The summed E-state index contributed by atoms with van der Waals surface area (Å²) < 4.78 is 10.6. The topological polar surface area (TPSA) is 90.4 Å². The van der Waals surface area contributed by atoms with Gasteiger partial charge in [-0.2, -0.15) is 0 Å². The third kappa shape index (κ3) is 3.01. The molecule has 0 atom stereocenters. The van der Waals surface area contributed by atoms with Crippen LogP contribution in [0, 0.1) is 0 Å². The third-order valence-corrected chi connectivity index (χ3v) is 3.28. The first kappa shape index (κ1) is 14.6. The molecule has 0 aliphatic carbocycles. The van der Waals surface area contributed by atoms with Gasteiger partial charge in [0, 0.05) is 5.69 Å². The number of amides is 1. The van der Waals surface area contributed by atoms with Crippen molar-refractivity contribution >= 4 is 17.3 Å². The highest BCUT2D eigenvalue weighted by molar-refractivity contribution is 6.03. The molecule has 3 rings (SSSR count). The van der Waals surface area contributed by atoms with Crippen LogP contribution in [0.2, 0.25) is 0 Å². The number of nitrogen functional groups attached to an aromatic ring is 1. The molecular weight excluding hydrogens is 294 g/mol. The van der Waals surface area contributed by atoms with Crippen LogP contribution in [0.1, 0.15) is 10.5 Å². The molecule has 116 valence electrons. The van der Waals surface area contributed by atoms with Crippen LogP contribution in [0.15, 0.2) is 59.2 Å². The van der Waals surface area contributed by atoms with E-state index in [9.17, 15) is 4.79 Å². The van der Waals surface area contributed by atoms with Gasteiger partial charge >= 0.3 is 0 Å². The van der Waals surface area contributed by atoms with E-state index in [1.165, 1.54) is 13.4 Å². The fourth-order valence-electron chi connectivity index (χ4n) is 2.13. The smallest absolute Gasteiger partial charge is 0.277 e. The molecule has 0 unspecified atom stereocenters. The van der Waals surface area contributed by atoms with E-state index in [1.54, 1.807) is 30.3 Å². The number of hydrogen-bond acceptors (Lipinski definition) is 5. The molecule has 1 amide bonds. The first-order valence-electron chi connectivity index (χ1n) is 6.94. The summed E-state index contributed by atoms with van der Waals surface area (Å²) in [7, 11) is 1.54. The first-order valence-corrected chi connectivity index (χ1v) is 6.94. The van der Waals surface area contributed by atoms with Gasteiger partial charge in [-0.3, -0.25) is 4.79 Å². The summed E-state index contributed by atoms with van der Waals surface area (Å²) in [5.74, 6) is 0.476. The van der Waals surface area contributed by atoms with Gasteiger partial charge in [-0.25, -0.2) is 4.98 Å². The average molecular weight is 309 g/mol. The van der Waals surface area contributed by atoms with Crippen molar-refractivity contribution in [1.82, 2.24) is 4.98 Å². The van der Waals surface area contributed by atoms with E-state index in [0.29, 0.717) is 28.6 Å². The van der Waals surface area contributed by atoms with Crippen LogP contribution in [-0.2, 0) is 0 Å². The molecule has 6 heteroatoms. The molecule has 2 aromatic carbocycles. The molecule has 1 heterocycles. The molecule has 3 N–H and O–H groups in total. The average Bonchev–Trinajstić information content (AvgIpc) is 3.05. The third-order valence-electron chi connectivity index (χ3n) is 3.28. The van der Waals surface area contributed by atoms with Crippen LogP contribution < -0.4 is 15.8 Å². The van der Waals surface area contributed by atoms with E-state index in [4.69, 9.17) is 14.9 Å². The van der Waals surface area contributed by atoms with Gasteiger partial charge in [-0.15, -0.1) is 0 Å². The predicted molar refractivity (Wildman–Crippen MR) is 87.3 cm³/mol. The van der Waals surface area contributed by atoms with Crippen LogP contribution in [0.25, 0.3) is 11.5 Å². The largest absolute Gasteiger partial charge is 0.495 e. The fourth-order valence-corrected chi connectivity index (χ4v) is 2.13. The van der Waals surface area contributed by atoms with E-state index < -0.39 is 0 Å². The molecule has 23 heavy (non-hydrogen) atoms. The molecule has 1 aromatic heterocycles. The molecule has 0 bridgehead atoms. The normalized spacial score (nSPS) is 10.3. The highest BCUT2D eigenvalue weighted by Gasteiger charge is 2.16. The Kier molecular flexibility index (Phi) is 3.97. The molecule has 0 saturated heterocycles. The summed E-state index contributed by atoms with van der Waals surface area (Å²) in [5.41, 5.74) is 7.78. The van der Waals surface area contributed by atoms with Gasteiger partial charge in [-0.1, -0.05) is 24.3 Å². The Morgan fingerprint density at radius 1 is 1.17 bits per heavy atom. The van der Waals surface area contributed by atoms with Crippen LogP contribution in [0.4, 0.5) is 11.4 Å². The number of carbonyl (C=O) groups excluding carboxylic acids is 1. The lowest BCUT2D eigenvalue weighted by molar-refractivity contribution is 0.102. The lowest BCUT2D eigenvalue weighted by Gasteiger charge is -2.08. The fraction of sp³-hybridized carbons (Fsp3) is 0.0588. The van der Waals surface area contributed by atoms with Crippen LogP contribution in [0.3, 0.4) is 0 Å². The Bertz CT molecular complexity index is 842. The first-order chi connectivity index (χ1) is 11.2. The number of nitrogens with one attached hydrogen (secondary N) is 1. The summed E-state index contributed by atoms with van der Waals surface area (Å²) >= 11 is 0. The summed E-state index contributed by atoms with van der Waals surface area (Å²) in [6, 6.07) is 14.3. The summed E-state index contributed by atoms with van der Waals surface area (Å²) in [4.78, 5) is 16.5. The maximum absolute atomic E-state index is 12.3. The molecular formula is C17H15N3O3. The second-order valence-corrected chi connectivity index (χ2v) is 4.78. The quantitative estimate of drug-likeness (QED) is 0.722. The molecule has 0 saturated carbocycles. The number of rotatable bonds is 4. The minimum absolute atomic E-state index is 0.161.